The molecule has 20 heavy (non-hydrogen) atoms. The van der Waals surface area contributed by atoms with Gasteiger partial charge in [-0.2, -0.15) is 0 Å². The van der Waals surface area contributed by atoms with Crippen molar-refractivity contribution < 1.29 is 0 Å². The second kappa shape index (κ2) is 7.29. The molecule has 1 saturated heterocycles. The smallest absolute Gasteiger partial charge is 0.193 e. The van der Waals surface area contributed by atoms with Crippen LogP contribution >= 0.6 is 24.0 Å². The molecule has 2 aliphatic rings. The van der Waals surface area contributed by atoms with E-state index in [1.54, 1.807) is 0 Å². The molecule has 0 aromatic heterocycles. The molecule has 4 heteroatoms. The molecule has 1 atom stereocenters. The molecule has 1 aliphatic carbocycles. The molecule has 0 radical (unpaired) electrons. The molecule has 0 bridgehead atoms. The van der Waals surface area contributed by atoms with E-state index in [0.717, 1.165) is 31.5 Å². The summed E-state index contributed by atoms with van der Waals surface area (Å²) in [7, 11) is 1.89. The SMILES string of the molecule is CN=C(NCC1CC1)N1CCC(c2ccccc2)C1.I. The van der Waals surface area contributed by atoms with Gasteiger partial charge >= 0.3 is 0 Å². The number of guanidine groups is 1. The van der Waals surface area contributed by atoms with Gasteiger partial charge in [-0.3, -0.25) is 4.99 Å². The van der Waals surface area contributed by atoms with Crippen molar-refractivity contribution in [3.8, 4) is 0 Å². The molecule has 2 fully saturated rings. The van der Waals surface area contributed by atoms with Crippen molar-refractivity contribution in [1.29, 1.82) is 0 Å². The quantitative estimate of drug-likeness (QED) is 0.492. The van der Waals surface area contributed by atoms with E-state index in [4.69, 9.17) is 0 Å². The highest BCUT2D eigenvalue weighted by Gasteiger charge is 2.27. The molecule has 1 aliphatic heterocycles. The van der Waals surface area contributed by atoms with Crippen LogP contribution in [0, 0.1) is 5.92 Å². The molecule has 3 nitrogen and oxygen atoms in total. The summed E-state index contributed by atoms with van der Waals surface area (Å²) in [4.78, 5) is 6.83. The Labute approximate surface area is 138 Å². The van der Waals surface area contributed by atoms with E-state index in [-0.39, 0.29) is 24.0 Å². The molecule has 3 rings (SSSR count). The summed E-state index contributed by atoms with van der Waals surface area (Å²) in [6, 6.07) is 10.9. The third kappa shape index (κ3) is 3.87. The van der Waals surface area contributed by atoms with Gasteiger partial charge in [-0.25, -0.2) is 0 Å². The average Bonchev–Trinajstić information content (AvgIpc) is 3.16. The highest BCUT2D eigenvalue weighted by Crippen LogP contribution is 2.29. The van der Waals surface area contributed by atoms with E-state index in [1.807, 2.05) is 7.05 Å². The lowest BCUT2D eigenvalue weighted by Crippen LogP contribution is -2.40. The number of hydrogen-bond donors (Lipinski definition) is 1. The monoisotopic (exact) mass is 385 g/mol. The topological polar surface area (TPSA) is 27.6 Å². The number of aliphatic imine (C=N–C) groups is 1. The van der Waals surface area contributed by atoms with E-state index in [2.05, 4.69) is 45.5 Å². The first-order chi connectivity index (χ1) is 9.36. The van der Waals surface area contributed by atoms with E-state index < -0.39 is 0 Å². The number of nitrogens with one attached hydrogen (secondary N) is 1. The molecule has 1 N–H and O–H groups in total. The van der Waals surface area contributed by atoms with Gasteiger partial charge < -0.3 is 10.2 Å². The van der Waals surface area contributed by atoms with E-state index >= 15 is 0 Å². The maximum Gasteiger partial charge on any atom is 0.193 e. The Bertz CT molecular complexity index is 442. The van der Waals surface area contributed by atoms with Crippen LogP contribution in [-0.2, 0) is 0 Å². The Kier molecular flexibility index (Phi) is 5.69. The lowest BCUT2D eigenvalue weighted by atomic mass is 9.99. The van der Waals surface area contributed by atoms with E-state index in [1.165, 1.54) is 24.8 Å². The van der Waals surface area contributed by atoms with Gasteiger partial charge in [-0.15, -0.1) is 24.0 Å². The summed E-state index contributed by atoms with van der Waals surface area (Å²) >= 11 is 0. The Morgan fingerprint density at radius 2 is 2.00 bits per heavy atom. The van der Waals surface area contributed by atoms with Crippen molar-refractivity contribution in [2.24, 2.45) is 10.9 Å². The number of halogens is 1. The first-order valence-electron chi connectivity index (χ1n) is 7.37. The minimum Gasteiger partial charge on any atom is -0.356 e. The van der Waals surface area contributed by atoms with E-state index in [9.17, 15) is 0 Å². The number of rotatable bonds is 3. The normalized spacial score (nSPS) is 22.6. The van der Waals surface area contributed by atoms with Gasteiger partial charge in [0.05, 0.1) is 0 Å². The van der Waals surface area contributed by atoms with Gasteiger partial charge in [0, 0.05) is 32.6 Å². The van der Waals surface area contributed by atoms with Crippen LogP contribution in [0.4, 0.5) is 0 Å². The van der Waals surface area contributed by atoms with Crippen molar-refractivity contribution in [3.05, 3.63) is 35.9 Å². The van der Waals surface area contributed by atoms with Gasteiger partial charge in [0.25, 0.3) is 0 Å². The Hall–Kier alpha value is -0.780. The molecular formula is C16H24IN3. The van der Waals surface area contributed by atoms with Crippen LogP contribution in [0.2, 0.25) is 0 Å². The van der Waals surface area contributed by atoms with Crippen LogP contribution in [0.5, 0.6) is 0 Å². The average molecular weight is 385 g/mol. The predicted octanol–water partition coefficient (Wildman–Crippen LogP) is 3.08. The Morgan fingerprint density at radius 3 is 2.65 bits per heavy atom. The molecule has 110 valence electrons. The van der Waals surface area contributed by atoms with Crippen LogP contribution in [0.1, 0.15) is 30.7 Å². The molecule has 0 amide bonds. The summed E-state index contributed by atoms with van der Waals surface area (Å²) in [5.41, 5.74) is 1.46. The Morgan fingerprint density at radius 1 is 1.25 bits per heavy atom. The van der Waals surface area contributed by atoms with Gasteiger partial charge in [0.1, 0.15) is 0 Å². The second-order valence-electron chi connectivity index (χ2n) is 5.71. The summed E-state index contributed by atoms with van der Waals surface area (Å²) in [6.07, 6.45) is 4.00. The standard InChI is InChI=1S/C16H23N3.HI/c1-17-16(18-11-13-7-8-13)19-10-9-15(12-19)14-5-3-2-4-6-14;/h2-6,13,15H,7-12H2,1H3,(H,17,18);1H. The largest absolute Gasteiger partial charge is 0.356 e. The molecule has 1 aromatic carbocycles. The van der Waals surface area contributed by atoms with Crippen LogP contribution < -0.4 is 5.32 Å². The molecular weight excluding hydrogens is 361 g/mol. The zero-order valence-corrected chi connectivity index (χ0v) is 14.4. The maximum atomic E-state index is 4.43. The number of benzene rings is 1. The molecule has 0 spiro atoms. The first-order valence-corrected chi connectivity index (χ1v) is 7.37. The number of nitrogens with zero attached hydrogens (tertiary/aromatic N) is 2. The summed E-state index contributed by atoms with van der Waals surface area (Å²) < 4.78 is 0. The maximum absolute atomic E-state index is 4.43. The third-order valence-electron chi connectivity index (χ3n) is 4.22. The van der Waals surface area contributed by atoms with Crippen LogP contribution in [0.15, 0.2) is 35.3 Å². The minimum absolute atomic E-state index is 0. The van der Waals surface area contributed by atoms with Gasteiger partial charge in [0.15, 0.2) is 5.96 Å². The van der Waals surface area contributed by atoms with Crippen molar-refractivity contribution in [1.82, 2.24) is 10.2 Å². The highest BCUT2D eigenvalue weighted by atomic mass is 127. The molecule has 1 heterocycles. The summed E-state index contributed by atoms with van der Waals surface area (Å²) in [5.74, 6) is 2.63. The van der Waals surface area contributed by atoms with Crippen LogP contribution in [0.25, 0.3) is 0 Å². The molecule has 1 saturated carbocycles. The van der Waals surface area contributed by atoms with E-state index in [0.29, 0.717) is 5.92 Å². The third-order valence-corrected chi connectivity index (χ3v) is 4.22. The highest BCUT2D eigenvalue weighted by molar-refractivity contribution is 14.0. The first kappa shape index (κ1) is 15.6. The minimum atomic E-state index is 0. The van der Waals surface area contributed by atoms with Crippen LogP contribution in [-0.4, -0.2) is 37.5 Å². The van der Waals surface area contributed by atoms with Crippen molar-refractivity contribution >= 4 is 29.9 Å². The number of likely N-dealkylation sites (tertiary alicyclic amines) is 1. The Balaban J connectivity index is 0.00000147. The van der Waals surface area contributed by atoms with Crippen LogP contribution in [0.3, 0.4) is 0 Å². The van der Waals surface area contributed by atoms with Gasteiger partial charge in [-0.1, -0.05) is 30.3 Å². The molecule has 1 aromatic rings. The van der Waals surface area contributed by atoms with Gasteiger partial charge in [-0.05, 0) is 30.7 Å². The summed E-state index contributed by atoms with van der Waals surface area (Å²) in [5, 5.41) is 3.52. The zero-order chi connectivity index (χ0) is 13.1. The summed E-state index contributed by atoms with van der Waals surface area (Å²) in [6.45, 7) is 3.30. The number of hydrogen-bond acceptors (Lipinski definition) is 1. The fourth-order valence-corrected chi connectivity index (χ4v) is 2.84. The predicted molar refractivity (Wildman–Crippen MR) is 94.9 cm³/mol. The fraction of sp³-hybridized carbons (Fsp3) is 0.562. The molecule has 1 unspecified atom stereocenters. The van der Waals surface area contributed by atoms with Crippen molar-refractivity contribution in [2.45, 2.75) is 25.2 Å². The van der Waals surface area contributed by atoms with Crippen molar-refractivity contribution in [3.63, 3.8) is 0 Å². The van der Waals surface area contributed by atoms with Crippen molar-refractivity contribution in [2.75, 3.05) is 26.7 Å². The lowest BCUT2D eigenvalue weighted by Gasteiger charge is -2.21. The lowest BCUT2D eigenvalue weighted by molar-refractivity contribution is 0.483. The van der Waals surface area contributed by atoms with Gasteiger partial charge in [0.2, 0.25) is 0 Å². The fourth-order valence-electron chi connectivity index (χ4n) is 2.84. The zero-order valence-electron chi connectivity index (χ0n) is 12.1. The second-order valence-corrected chi connectivity index (χ2v) is 5.71.